The molecule has 0 radical (unpaired) electrons. The van der Waals surface area contributed by atoms with Gasteiger partial charge in [0.05, 0.1) is 0 Å². The van der Waals surface area contributed by atoms with E-state index in [0.717, 1.165) is 13.0 Å². The fourth-order valence-electron chi connectivity index (χ4n) is 1.11. The van der Waals surface area contributed by atoms with Crippen LogP contribution in [0, 0.1) is 0 Å². The maximum absolute atomic E-state index is 9.82. The van der Waals surface area contributed by atoms with Crippen molar-refractivity contribution in [2.75, 3.05) is 13.6 Å². The Balaban J connectivity index is 3.63. The van der Waals surface area contributed by atoms with Gasteiger partial charge >= 0.3 is 0 Å². The maximum Gasteiger partial charge on any atom is 0.115 e. The van der Waals surface area contributed by atoms with Gasteiger partial charge in [0, 0.05) is 6.54 Å². The smallest absolute Gasteiger partial charge is 0.115 e. The normalized spacial score (nSPS) is 16.5. The molecule has 1 N–H and O–H groups in total. The van der Waals surface area contributed by atoms with Crippen LogP contribution in [0.25, 0.3) is 0 Å². The topological polar surface area (TPSA) is 23.5 Å². The Morgan fingerprint density at radius 2 is 1.83 bits per heavy atom. The average molecular weight is 173 g/mol. The lowest BCUT2D eigenvalue weighted by Crippen LogP contribution is -2.43. The van der Waals surface area contributed by atoms with E-state index < -0.39 is 5.72 Å². The van der Waals surface area contributed by atoms with E-state index in [1.165, 1.54) is 19.3 Å². The third-order valence-electron chi connectivity index (χ3n) is 2.59. The highest BCUT2D eigenvalue weighted by Gasteiger charge is 2.22. The second kappa shape index (κ2) is 5.55. The molecule has 0 rings (SSSR count). The number of hydrogen-bond donors (Lipinski definition) is 1. The minimum Gasteiger partial charge on any atom is -0.376 e. The molecule has 12 heavy (non-hydrogen) atoms. The van der Waals surface area contributed by atoms with Crippen molar-refractivity contribution in [2.45, 2.75) is 52.2 Å². The highest BCUT2D eigenvalue weighted by atomic mass is 16.3. The summed E-state index contributed by atoms with van der Waals surface area (Å²) in [6.45, 7) is 7.07. The molecule has 74 valence electrons. The number of rotatable bonds is 6. The Kier molecular flexibility index (Phi) is 5.51. The Labute approximate surface area is 76.6 Å². The van der Waals surface area contributed by atoms with Gasteiger partial charge in [-0.15, -0.1) is 0 Å². The summed E-state index contributed by atoms with van der Waals surface area (Å²) >= 11 is 0. The van der Waals surface area contributed by atoms with Gasteiger partial charge in [-0.05, 0) is 26.8 Å². The second-order valence-corrected chi connectivity index (χ2v) is 3.70. The summed E-state index contributed by atoms with van der Waals surface area (Å²) in [5.41, 5.74) is -0.617. The number of nitrogens with zero attached hydrogens (tertiary/aromatic N) is 1. The first kappa shape index (κ1) is 11.9. The van der Waals surface area contributed by atoms with Crippen molar-refractivity contribution >= 4 is 0 Å². The van der Waals surface area contributed by atoms with E-state index in [1.807, 2.05) is 25.8 Å². The van der Waals surface area contributed by atoms with Gasteiger partial charge in [0.15, 0.2) is 0 Å². The summed E-state index contributed by atoms with van der Waals surface area (Å²) in [5.74, 6) is 0. The average Bonchev–Trinajstić information content (AvgIpc) is 2.05. The van der Waals surface area contributed by atoms with E-state index in [2.05, 4.69) is 6.92 Å². The molecule has 0 aromatic heterocycles. The lowest BCUT2D eigenvalue weighted by atomic mass is 10.1. The van der Waals surface area contributed by atoms with Crippen LogP contribution in [0.15, 0.2) is 0 Å². The van der Waals surface area contributed by atoms with E-state index in [-0.39, 0.29) is 0 Å². The van der Waals surface area contributed by atoms with E-state index in [1.54, 1.807) is 0 Å². The third kappa shape index (κ3) is 4.07. The van der Waals surface area contributed by atoms with Crippen LogP contribution in [0.4, 0.5) is 0 Å². The van der Waals surface area contributed by atoms with Crippen LogP contribution in [0.5, 0.6) is 0 Å². The number of aliphatic hydroxyl groups is 1. The molecule has 0 saturated heterocycles. The Bertz CT molecular complexity index is 112. The molecule has 1 unspecified atom stereocenters. The number of hydrogen-bond acceptors (Lipinski definition) is 2. The molecule has 0 aliphatic carbocycles. The zero-order chi connectivity index (χ0) is 9.61. The first-order chi connectivity index (χ1) is 5.54. The number of unbranched alkanes of at least 4 members (excludes halogenated alkanes) is 2. The van der Waals surface area contributed by atoms with Crippen LogP contribution in [0.1, 0.15) is 46.5 Å². The lowest BCUT2D eigenvalue weighted by Gasteiger charge is -2.33. The molecule has 0 aromatic carbocycles. The molecule has 0 aromatic rings. The second-order valence-electron chi connectivity index (χ2n) is 3.70. The van der Waals surface area contributed by atoms with E-state index in [4.69, 9.17) is 0 Å². The van der Waals surface area contributed by atoms with Crippen molar-refractivity contribution in [1.29, 1.82) is 0 Å². The molecular weight excluding hydrogens is 150 g/mol. The van der Waals surface area contributed by atoms with Crippen LogP contribution in [-0.4, -0.2) is 29.3 Å². The molecule has 1 atom stereocenters. The van der Waals surface area contributed by atoms with E-state index >= 15 is 0 Å². The van der Waals surface area contributed by atoms with Crippen LogP contribution in [-0.2, 0) is 0 Å². The Morgan fingerprint density at radius 3 is 2.25 bits per heavy atom. The van der Waals surface area contributed by atoms with Crippen LogP contribution >= 0.6 is 0 Å². The summed E-state index contributed by atoms with van der Waals surface area (Å²) in [4.78, 5) is 2.03. The van der Waals surface area contributed by atoms with Crippen molar-refractivity contribution in [1.82, 2.24) is 4.90 Å². The summed E-state index contributed by atoms with van der Waals surface area (Å²) in [6.07, 6.45) is 4.46. The maximum atomic E-state index is 9.82. The van der Waals surface area contributed by atoms with Gasteiger partial charge < -0.3 is 5.11 Å². The fourth-order valence-corrected chi connectivity index (χ4v) is 1.11. The predicted molar refractivity (Wildman–Crippen MR) is 53.1 cm³/mol. The summed E-state index contributed by atoms with van der Waals surface area (Å²) in [5, 5.41) is 9.82. The molecule has 0 heterocycles. The predicted octanol–water partition coefficient (Wildman–Crippen LogP) is 2.23. The molecule has 0 aliphatic rings. The summed E-state index contributed by atoms with van der Waals surface area (Å²) in [7, 11) is 1.99. The Morgan fingerprint density at radius 1 is 1.25 bits per heavy atom. The summed E-state index contributed by atoms with van der Waals surface area (Å²) < 4.78 is 0. The van der Waals surface area contributed by atoms with E-state index in [0.29, 0.717) is 0 Å². The molecule has 0 fully saturated rings. The van der Waals surface area contributed by atoms with Crippen LogP contribution in [0.3, 0.4) is 0 Å². The summed E-state index contributed by atoms with van der Waals surface area (Å²) in [6, 6.07) is 0. The highest BCUT2D eigenvalue weighted by molar-refractivity contribution is 4.69. The first-order valence-electron chi connectivity index (χ1n) is 4.98. The minimum absolute atomic E-state index is 0.617. The van der Waals surface area contributed by atoms with Gasteiger partial charge in [-0.2, -0.15) is 0 Å². The van der Waals surface area contributed by atoms with Gasteiger partial charge in [0.25, 0.3) is 0 Å². The van der Waals surface area contributed by atoms with Crippen LogP contribution < -0.4 is 0 Å². The largest absolute Gasteiger partial charge is 0.376 e. The van der Waals surface area contributed by atoms with Crippen molar-refractivity contribution in [2.24, 2.45) is 0 Å². The Hall–Kier alpha value is -0.0800. The fraction of sp³-hybridized carbons (Fsp3) is 1.00. The van der Waals surface area contributed by atoms with Gasteiger partial charge in [-0.25, -0.2) is 0 Å². The lowest BCUT2D eigenvalue weighted by molar-refractivity contribution is -0.0824. The van der Waals surface area contributed by atoms with Crippen molar-refractivity contribution in [3.8, 4) is 0 Å². The van der Waals surface area contributed by atoms with Gasteiger partial charge in [0.2, 0.25) is 0 Å². The molecule has 0 bridgehead atoms. The first-order valence-corrected chi connectivity index (χ1v) is 4.98. The molecule has 0 aliphatic heterocycles. The molecule has 0 spiro atoms. The van der Waals surface area contributed by atoms with Crippen LogP contribution in [0.2, 0.25) is 0 Å². The molecule has 0 saturated carbocycles. The quantitative estimate of drug-likeness (QED) is 0.492. The van der Waals surface area contributed by atoms with Gasteiger partial charge in [-0.1, -0.05) is 26.7 Å². The SMILES string of the molecule is CCCCCN(C)C(C)(O)CC. The highest BCUT2D eigenvalue weighted by Crippen LogP contribution is 2.13. The minimum atomic E-state index is -0.617. The zero-order valence-corrected chi connectivity index (χ0v) is 8.93. The molecular formula is C10H23NO. The molecule has 2 heteroatoms. The molecule has 2 nitrogen and oxygen atoms in total. The standard InChI is InChI=1S/C10H23NO/c1-5-7-8-9-11(4)10(3,12)6-2/h12H,5-9H2,1-4H3. The molecule has 0 amide bonds. The van der Waals surface area contributed by atoms with Crippen molar-refractivity contribution in [3.05, 3.63) is 0 Å². The zero-order valence-electron chi connectivity index (χ0n) is 8.93. The van der Waals surface area contributed by atoms with Gasteiger partial charge in [-0.3, -0.25) is 4.90 Å². The van der Waals surface area contributed by atoms with Gasteiger partial charge in [0.1, 0.15) is 5.72 Å². The van der Waals surface area contributed by atoms with Crippen molar-refractivity contribution < 1.29 is 5.11 Å². The van der Waals surface area contributed by atoms with E-state index in [9.17, 15) is 5.11 Å². The third-order valence-corrected chi connectivity index (χ3v) is 2.59. The van der Waals surface area contributed by atoms with Crippen molar-refractivity contribution in [3.63, 3.8) is 0 Å². The monoisotopic (exact) mass is 173 g/mol.